The first-order valence-corrected chi connectivity index (χ1v) is 8.20. The summed E-state index contributed by atoms with van der Waals surface area (Å²) in [4.78, 5) is 1.52. The first-order chi connectivity index (χ1) is 8.93. The molecule has 0 aromatic carbocycles. The molecule has 2 aliphatic rings. The number of nitrogens with one attached hydrogen (secondary N) is 1. The predicted octanol–water partition coefficient (Wildman–Crippen LogP) is 3.75. The van der Waals surface area contributed by atoms with Gasteiger partial charge in [0.15, 0.2) is 0 Å². The van der Waals surface area contributed by atoms with Gasteiger partial charge < -0.3 is 10.1 Å². The maximum absolute atomic E-state index is 5.79. The quantitative estimate of drug-likeness (QED) is 0.846. The summed E-state index contributed by atoms with van der Waals surface area (Å²) in [5.74, 6) is 0.885. The van der Waals surface area contributed by atoms with Crippen LogP contribution >= 0.6 is 11.3 Å². The van der Waals surface area contributed by atoms with E-state index in [0.717, 1.165) is 19.1 Å². The Hall–Kier alpha value is -0.380. The molecule has 0 radical (unpaired) electrons. The smallest absolute Gasteiger partial charge is 0.0587 e. The van der Waals surface area contributed by atoms with Gasteiger partial charge >= 0.3 is 0 Å². The van der Waals surface area contributed by atoms with Crippen LogP contribution in [0, 0.1) is 5.92 Å². The Labute approximate surface area is 114 Å². The number of ether oxygens (including phenoxy) is 1. The van der Waals surface area contributed by atoms with Crippen molar-refractivity contribution in [1.82, 2.24) is 5.32 Å². The molecule has 1 N–H and O–H groups in total. The lowest BCUT2D eigenvalue weighted by Gasteiger charge is -2.24. The van der Waals surface area contributed by atoms with Crippen molar-refractivity contribution in [2.24, 2.45) is 5.92 Å². The molecule has 0 spiro atoms. The van der Waals surface area contributed by atoms with E-state index in [1.54, 1.807) is 0 Å². The van der Waals surface area contributed by atoms with Crippen molar-refractivity contribution >= 4 is 11.3 Å². The van der Waals surface area contributed by atoms with E-state index < -0.39 is 0 Å². The van der Waals surface area contributed by atoms with Crippen LogP contribution < -0.4 is 5.32 Å². The van der Waals surface area contributed by atoms with Crippen LogP contribution in [0.4, 0.5) is 0 Å². The summed E-state index contributed by atoms with van der Waals surface area (Å²) in [7, 11) is 0. The molecule has 0 amide bonds. The number of rotatable bonds is 6. The molecule has 1 aromatic heterocycles. The van der Waals surface area contributed by atoms with Crippen LogP contribution in [0.15, 0.2) is 17.5 Å². The third-order valence-electron chi connectivity index (χ3n) is 4.05. The Kier molecular flexibility index (Phi) is 4.34. The minimum absolute atomic E-state index is 0.509. The Balaban J connectivity index is 1.45. The van der Waals surface area contributed by atoms with E-state index in [9.17, 15) is 0 Å². The predicted molar refractivity (Wildman–Crippen MR) is 76.0 cm³/mol. The molecule has 0 bridgehead atoms. The molecule has 18 heavy (non-hydrogen) atoms. The minimum Gasteiger partial charge on any atom is -0.378 e. The van der Waals surface area contributed by atoms with Crippen molar-refractivity contribution in [3.05, 3.63) is 22.4 Å². The van der Waals surface area contributed by atoms with E-state index in [2.05, 4.69) is 22.8 Å². The summed E-state index contributed by atoms with van der Waals surface area (Å²) in [6.07, 6.45) is 8.34. The Morgan fingerprint density at radius 2 is 2.28 bits per heavy atom. The van der Waals surface area contributed by atoms with Gasteiger partial charge in [-0.05, 0) is 62.4 Å². The minimum atomic E-state index is 0.509. The molecule has 3 rings (SSSR count). The van der Waals surface area contributed by atoms with Crippen molar-refractivity contribution < 1.29 is 4.74 Å². The lowest BCUT2D eigenvalue weighted by molar-refractivity contribution is 0.0111. The molecule has 3 heteroatoms. The summed E-state index contributed by atoms with van der Waals surface area (Å²) < 4.78 is 5.79. The number of hydrogen-bond donors (Lipinski definition) is 1. The summed E-state index contributed by atoms with van der Waals surface area (Å²) in [6.45, 7) is 2.07. The highest BCUT2D eigenvalue weighted by atomic mass is 32.1. The van der Waals surface area contributed by atoms with Gasteiger partial charge in [0, 0.05) is 17.5 Å². The molecule has 1 saturated carbocycles. The Bertz CT molecular complexity index is 341. The Morgan fingerprint density at radius 1 is 1.33 bits per heavy atom. The van der Waals surface area contributed by atoms with Gasteiger partial charge in [-0.15, -0.1) is 11.3 Å². The van der Waals surface area contributed by atoms with Crippen LogP contribution in [0.5, 0.6) is 0 Å². The van der Waals surface area contributed by atoms with Crippen LogP contribution in [-0.2, 0) is 4.74 Å². The highest BCUT2D eigenvalue weighted by Crippen LogP contribution is 2.42. The number of thiophene rings is 1. The second-order valence-electron chi connectivity index (χ2n) is 5.56. The van der Waals surface area contributed by atoms with E-state index in [-0.39, 0.29) is 0 Å². The fourth-order valence-corrected chi connectivity index (χ4v) is 3.73. The van der Waals surface area contributed by atoms with E-state index in [1.165, 1.54) is 43.4 Å². The van der Waals surface area contributed by atoms with E-state index in [0.29, 0.717) is 12.1 Å². The van der Waals surface area contributed by atoms with Crippen molar-refractivity contribution in [3.63, 3.8) is 0 Å². The van der Waals surface area contributed by atoms with Crippen LogP contribution in [-0.4, -0.2) is 19.3 Å². The fraction of sp³-hybridized carbons (Fsp3) is 0.733. The van der Waals surface area contributed by atoms with Crippen molar-refractivity contribution in [1.29, 1.82) is 0 Å². The summed E-state index contributed by atoms with van der Waals surface area (Å²) >= 11 is 1.89. The normalized spacial score (nSPS) is 26.1. The number of hydrogen-bond acceptors (Lipinski definition) is 3. The SMILES string of the molecule is c1csc(C(NCCC2CCCCO2)C2CC2)c1. The molecule has 2 unspecified atom stereocenters. The van der Waals surface area contributed by atoms with Crippen LogP contribution in [0.25, 0.3) is 0 Å². The highest BCUT2D eigenvalue weighted by Gasteiger charge is 2.32. The average Bonchev–Trinajstić information content (AvgIpc) is 3.10. The summed E-state index contributed by atoms with van der Waals surface area (Å²) in [6, 6.07) is 5.05. The van der Waals surface area contributed by atoms with Crippen LogP contribution in [0.2, 0.25) is 0 Å². The van der Waals surface area contributed by atoms with Gasteiger partial charge in [-0.3, -0.25) is 0 Å². The van der Waals surface area contributed by atoms with Gasteiger partial charge in [0.05, 0.1) is 6.10 Å². The first kappa shape index (κ1) is 12.6. The third-order valence-corrected chi connectivity index (χ3v) is 5.00. The summed E-state index contributed by atoms with van der Waals surface area (Å²) in [5.41, 5.74) is 0. The average molecular weight is 265 g/mol. The topological polar surface area (TPSA) is 21.3 Å². The zero-order chi connectivity index (χ0) is 12.2. The van der Waals surface area contributed by atoms with E-state index >= 15 is 0 Å². The largest absolute Gasteiger partial charge is 0.378 e. The standard InChI is InChI=1S/C15H23NOS/c1-2-10-17-13(4-1)8-9-16-15(12-6-7-12)14-5-3-11-18-14/h3,5,11-13,15-16H,1-2,4,6-10H2. The molecule has 1 aromatic rings. The monoisotopic (exact) mass is 265 g/mol. The first-order valence-electron chi connectivity index (χ1n) is 7.32. The van der Waals surface area contributed by atoms with E-state index in [1.807, 2.05) is 11.3 Å². The molecule has 2 fully saturated rings. The van der Waals surface area contributed by atoms with Crippen LogP contribution in [0.3, 0.4) is 0 Å². The molecule has 2 nitrogen and oxygen atoms in total. The zero-order valence-electron chi connectivity index (χ0n) is 10.9. The zero-order valence-corrected chi connectivity index (χ0v) is 11.8. The van der Waals surface area contributed by atoms with Crippen molar-refractivity contribution in [2.75, 3.05) is 13.2 Å². The molecular formula is C15H23NOS. The van der Waals surface area contributed by atoms with Gasteiger partial charge in [-0.25, -0.2) is 0 Å². The molecule has 2 atom stereocenters. The maximum Gasteiger partial charge on any atom is 0.0587 e. The van der Waals surface area contributed by atoms with Crippen LogP contribution in [0.1, 0.15) is 49.4 Å². The Morgan fingerprint density at radius 3 is 2.94 bits per heavy atom. The molecule has 100 valence electrons. The van der Waals surface area contributed by atoms with Gasteiger partial charge in [0.25, 0.3) is 0 Å². The van der Waals surface area contributed by atoms with Gasteiger partial charge in [0.1, 0.15) is 0 Å². The fourth-order valence-electron chi connectivity index (χ4n) is 2.83. The van der Waals surface area contributed by atoms with Crippen molar-refractivity contribution in [3.8, 4) is 0 Å². The molecule has 1 saturated heterocycles. The van der Waals surface area contributed by atoms with E-state index in [4.69, 9.17) is 4.74 Å². The van der Waals surface area contributed by atoms with Crippen molar-refractivity contribution in [2.45, 2.75) is 50.7 Å². The molecule has 2 heterocycles. The molecule has 1 aliphatic heterocycles. The van der Waals surface area contributed by atoms with Gasteiger partial charge in [0.2, 0.25) is 0 Å². The van der Waals surface area contributed by atoms with Gasteiger partial charge in [-0.1, -0.05) is 6.07 Å². The summed E-state index contributed by atoms with van der Waals surface area (Å²) in [5, 5.41) is 5.95. The third kappa shape index (κ3) is 3.34. The second-order valence-corrected chi connectivity index (χ2v) is 6.54. The molecular weight excluding hydrogens is 242 g/mol. The lowest BCUT2D eigenvalue weighted by atomic mass is 10.1. The lowest BCUT2D eigenvalue weighted by Crippen LogP contribution is -2.28. The molecule has 1 aliphatic carbocycles. The van der Waals surface area contributed by atoms with Gasteiger partial charge in [-0.2, -0.15) is 0 Å². The second kappa shape index (κ2) is 6.18. The maximum atomic E-state index is 5.79. The highest BCUT2D eigenvalue weighted by molar-refractivity contribution is 7.10.